The molecule has 3 heterocycles. The number of carbonyl (C=O) groups excluding carboxylic acids is 2. The third-order valence-electron chi connectivity index (χ3n) is 6.07. The second-order valence-electron chi connectivity index (χ2n) is 8.09. The summed E-state index contributed by atoms with van der Waals surface area (Å²) in [6, 6.07) is 11.1. The number of furan rings is 1. The van der Waals surface area contributed by atoms with Crippen LogP contribution >= 0.6 is 0 Å². The van der Waals surface area contributed by atoms with Crippen LogP contribution in [0.15, 0.2) is 47.1 Å². The topological polar surface area (TPSA) is 84.1 Å². The maximum atomic E-state index is 13.5. The summed E-state index contributed by atoms with van der Waals surface area (Å²) in [5.41, 5.74) is 5.25. The number of amides is 1. The van der Waals surface area contributed by atoms with Gasteiger partial charge in [0.05, 0.1) is 30.6 Å². The number of para-hydroxylation sites is 1. The van der Waals surface area contributed by atoms with Crippen molar-refractivity contribution in [1.29, 1.82) is 0 Å². The van der Waals surface area contributed by atoms with Crippen LogP contribution in [0.25, 0.3) is 10.9 Å². The highest BCUT2D eigenvalue weighted by atomic mass is 16.3. The molecule has 7 nitrogen and oxygen atoms in total. The summed E-state index contributed by atoms with van der Waals surface area (Å²) in [7, 11) is 1.94. The van der Waals surface area contributed by atoms with Crippen LogP contribution in [0.5, 0.6) is 0 Å². The Morgan fingerprint density at radius 2 is 2.00 bits per heavy atom. The monoisotopic (exact) mass is 416 g/mol. The van der Waals surface area contributed by atoms with Crippen molar-refractivity contribution in [3.05, 3.63) is 76.6 Å². The molecule has 158 valence electrons. The summed E-state index contributed by atoms with van der Waals surface area (Å²) < 4.78 is 7.38. The summed E-state index contributed by atoms with van der Waals surface area (Å²) in [6.07, 6.45) is 4.62. The Kier molecular flexibility index (Phi) is 4.73. The molecule has 0 saturated carbocycles. The zero-order valence-corrected chi connectivity index (χ0v) is 17.6. The predicted molar refractivity (Wildman–Crippen MR) is 116 cm³/mol. The van der Waals surface area contributed by atoms with Gasteiger partial charge in [-0.3, -0.25) is 14.3 Å². The van der Waals surface area contributed by atoms with Crippen LogP contribution in [0.2, 0.25) is 0 Å². The van der Waals surface area contributed by atoms with Gasteiger partial charge in [0.25, 0.3) is 11.7 Å². The van der Waals surface area contributed by atoms with Gasteiger partial charge in [-0.15, -0.1) is 0 Å². The molecule has 1 N–H and O–H groups in total. The fourth-order valence-electron chi connectivity index (χ4n) is 4.62. The number of hydrogen-bond acceptors (Lipinski definition) is 4. The lowest BCUT2D eigenvalue weighted by Gasteiger charge is -2.20. The van der Waals surface area contributed by atoms with Gasteiger partial charge < -0.3 is 14.3 Å². The first-order valence-electron chi connectivity index (χ1n) is 10.5. The van der Waals surface area contributed by atoms with Crippen molar-refractivity contribution >= 4 is 22.6 Å². The summed E-state index contributed by atoms with van der Waals surface area (Å²) >= 11 is 0. The van der Waals surface area contributed by atoms with E-state index < -0.39 is 11.7 Å². The van der Waals surface area contributed by atoms with E-state index in [2.05, 4.69) is 10.1 Å². The van der Waals surface area contributed by atoms with Crippen LogP contribution in [0.1, 0.15) is 45.2 Å². The molecule has 1 aliphatic carbocycles. The van der Waals surface area contributed by atoms with E-state index in [-0.39, 0.29) is 13.1 Å². The molecular formula is C24H24N4O3. The number of carbonyl (C=O) groups is 2. The highest BCUT2D eigenvalue weighted by Crippen LogP contribution is 2.27. The van der Waals surface area contributed by atoms with Crippen molar-refractivity contribution in [2.24, 2.45) is 7.05 Å². The third kappa shape index (κ3) is 3.36. The molecule has 0 radical (unpaired) electrons. The third-order valence-corrected chi connectivity index (χ3v) is 6.07. The van der Waals surface area contributed by atoms with Gasteiger partial charge >= 0.3 is 0 Å². The first-order chi connectivity index (χ1) is 15.0. The Bertz CT molecular complexity index is 1280. The number of aromatic nitrogens is 3. The Hall–Kier alpha value is -3.61. The number of Topliss-reactive ketones (excluding diaryl/α,β-unsaturated/α-hetero) is 1. The van der Waals surface area contributed by atoms with Gasteiger partial charge in [-0.05, 0) is 49.9 Å². The average Bonchev–Trinajstić information content (AvgIpc) is 3.53. The lowest BCUT2D eigenvalue weighted by Crippen LogP contribution is -2.36. The molecule has 1 aliphatic rings. The van der Waals surface area contributed by atoms with Gasteiger partial charge in [0.2, 0.25) is 0 Å². The minimum absolute atomic E-state index is 0.213. The molecule has 0 aliphatic heterocycles. The number of aryl methyl sites for hydroxylation is 2. The number of nitrogens with one attached hydrogen (secondary N) is 1. The Morgan fingerprint density at radius 3 is 2.81 bits per heavy atom. The smallest absolute Gasteiger partial charge is 0.295 e. The Morgan fingerprint density at radius 1 is 1.16 bits per heavy atom. The molecule has 7 heteroatoms. The van der Waals surface area contributed by atoms with E-state index >= 15 is 0 Å². The van der Waals surface area contributed by atoms with Crippen molar-refractivity contribution in [2.45, 2.75) is 39.3 Å². The maximum absolute atomic E-state index is 13.5. The summed E-state index contributed by atoms with van der Waals surface area (Å²) in [4.78, 5) is 31.6. The first kappa shape index (κ1) is 19.4. The highest BCUT2D eigenvalue weighted by Gasteiger charge is 2.30. The lowest BCUT2D eigenvalue weighted by atomic mass is 10.1. The normalized spacial score (nSPS) is 13.0. The number of aromatic amines is 1. The molecular weight excluding hydrogens is 392 g/mol. The fourth-order valence-corrected chi connectivity index (χ4v) is 4.62. The van der Waals surface area contributed by atoms with E-state index in [0.717, 1.165) is 35.9 Å². The molecule has 0 bridgehead atoms. The van der Waals surface area contributed by atoms with Crippen LogP contribution in [-0.2, 0) is 37.8 Å². The van der Waals surface area contributed by atoms with Crippen molar-refractivity contribution in [2.75, 3.05) is 0 Å². The number of fused-ring (bicyclic) bond motifs is 2. The molecule has 0 spiro atoms. The van der Waals surface area contributed by atoms with Crippen LogP contribution < -0.4 is 0 Å². The van der Waals surface area contributed by atoms with Gasteiger partial charge in [-0.25, -0.2) is 0 Å². The molecule has 5 rings (SSSR count). The SMILES string of the molecule is Cc1[nH]c2ccccc2c1C(=O)C(=O)N(Cc1ccco1)Cc1nn(C)c2c1CCC2. The lowest BCUT2D eigenvalue weighted by molar-refractivity contribution is -0.128. The van der Waals surface area contributed by atoms with Gasteiger partial charge in [-0.1, -0.05) is 18.2 Å². The number of hydrogen-bond donors (Lipinski definition) is 1. The molecule has 0 saturated heterocycles. The maximum Gasteiger partial charge on any atom is 0.295 e. The van der Waals surface area contributed by atoms with Gasteiger partial charge in [0, 0.05) is 29.3 Å². The molecule has 3 aromatic heterocycles. The second kappa shape index (κ2) is 7.58. The van der Waals surface area contributed by atoms with E-state index in [1.165, 1.54) is 11.3 Å². The fraction of sp³-hybridized carbons (Fsp3) is 0.292. The van der Waals surface area contributed by atoms with Gasteiger partial charge in [-0.2, -0.15) is 5.10 Å². The van der Waals surface area contributed by atoms with Crippen molar-refractivity contribution < 1.29 is 14.0 Å². The zero-order chi connectivity index (χ0) is 21.5. The van der Waals surface area contributed by atoms with Crippen LogP contribution in [0, 0.1) is 6.92 Å². The number of benzene rings is 1. The molecule has 0 fully saturated rings. The average molecular weight is 416 g/mol. The number of nitrogens with zero attached hydrogens (tertiary/aromatic N) is 3. The molecule has 1 amide bonds. The molecule has 31 heavy (non-hydrogen) atoms. The second-order valence-corrected chi connectivity index (χ2v) is 8.09. The largest absolute Gasteiger partial charge is 0.467 e. The van der Waals surface area contributed by atoms with Crippen LogP contribution in [0.4, 0.5) is 0 Å². The zero-order valence-electron chi connectivity index (χ0n) is 17.6. The summed E-state index contributed by atoms with van der Waals surface area (Å²) in [6.45, 7) is 2.31. The number of H-pyrrole nitrogens is 1. The van der Waals surface area contributed by atoms with Crippen LogP contribution in [0.3, 0.4) is 0 Å². The minimum atomic E-state index is -0.554. The minimum Gasteiger partial charge on any atom is -0.467 e. The molecule has 4 aromatic rings. The number of rotatable bonds is 6. The van der Waals surface area contributed by atoms with Crippen molar-refractivity contribution in [1.82, 2.24) is 19.7 Å². The molecule has 0 unspecified atom stereocenters. The highest BCUT2D eigenvalue weighted by molar-refractivity contribution is 6.45. The van der Waals surface area contributed by atoms with Crippen molar-refractivity contribution in [3.8, 4) is 0 Å². The quantitative estimate of drug-likeness (QED) is 0.384. The Labute approximate surface area is 179 Å². The van der Waals surface area contributed by atoms with Gasteiger partial charge in [0.15, 0.2) is 0 Å². The Balaban J connectivity index is 1.50. The van der Waals surface area contributed by atoms with E-state index in [1.54, 1.807) is 17.2 Å². The predicted octanol–water partition coefficient (Wildman–Crippen LogP) is 3.70. The summed E-state index contributed by atoms with van der Waals surface area (Å²) in [5, 5.41) is 5.41. The van der Waals surface area contributed by atoms with E-state index in [1.807, 2.05) is 49.0 Å². The number of ketones is 1. The van der Waals surface area contributed by atoms with E-state index in [0.29, 0.717) is 17.0 Å². The van der Waals surface area contributed by atoms with Crippen LogP contribution in [-0.4, -0.2) is 31.4 Å². The van der Waals surface area contributed by atoms with Crippen molar-refractivity contribution in [3.63, 3.8) is 0 Å². The van der Waals surface area contributed by atoms with E-state index in [9.17, 15) is 9.59 Å². The standard InChI is InChI=1S/C24H24N4O3/c1-15-22(18-8-3-4-10-19(18)25-15)23(29)24(30)28(13-16-7-6-12-31-16)14-20-17-9-5-11-21(17)27(2)26-20/h3-4,6-8,10,12,25H,5,9,11,13-14H2,1-2H3. The first-order valence-corrected chi connectivity index (χ1v) is 10.5. The molecule has 1 aromatic carbocycles. The molecule has 0 atom stereocenters. The van der Waals surface area contributed by atoms with Gasteiger partial charge in [0.1, 0.15) is 5.76 Å². The van der Waals surface area contributed by atoms with E-state index in [4.69, 9.17) is 4.42 Å². The summed E-state index contributed by atoms with van der Waals surface area (Å²) in [5.74, 6) is -0.444.